The van der Waals surface area contributed by atoms with Crippen LogP contribution in [0, 0.1) is 0 Å². The largest absolute Gasteiger partial charge is 0.387 e. The topological polar surface area (TPSA) is 33.1 Å². The van der Waals surface area contributed by atoms with Crippen LogP contribution < -0.4 is 0 Å². The summed E-state index contributed by atoms with van der Waals surface area (Å²) in [6.45, 7) is 1.72. The molecule has 0 saturated carbocycles. The van der Waals surface area contributed by atoms with E-state index < -0.39 is 6.10 Å². The molecule has 1 aromatic heterocycles. The van der Waals surface area contributed by atoms with Gasteiger partial charge in [-0.25, -0.2) is 4.98 Å². The molecule has 0 aliphatic heterocycles. The van der Waals surface area contributed by atoms with E-state index in [1.165, 1.54) is 0 Å². The van der Waals surface area contributed by atoms with Gasteiger partial charge in [-0.2, -0.15) is 0 Å². The molecule has 0 aliphatic carbocycles. The average Bonchev–Trinajstić information content (AvgIpc) is 2.66. The maximum Gasteiger partial charge on any atom is 0.123 e. The molecule has 4 heteroatoms. The van der Waals surface area contributed by atoms with Crippen LogP contribution in [0.4, 0.5) is 0 Å². The second-order valence-electron chi connectivity index (χ2n) is 3.26. The monoisotopic (exact) mass is 283 g/mol. The summed E-state index contributed by atoms with van der Waals surface area (Å²) in [5, 5.41) is 12.2. The smallest absolute Gasteiger partial charge is 0.123 e. The zero-order valence-corrected chi connectivity index (χ0v) is 10.5. The fourth-order valence-corrected chi connectivity index (χ4v) is 2.53. The van der Waals surface area contributed by atoms with Gasteiger partial charge in [0.2, 0.25) is 0 Å². The molecule has 0 aliphatic rings. The highest BCUT2D eigenvalue weighted by atomic mass is 79.9. The van der Waals surface area contributed by atoms with Crippen LogP contribution in [0.5, 0.6) is 0 Å². The van der Waals surface area contributed by atoms with Crippen molar-refractivity contribution in [2.75, 3.05) is 0 Å². The van der Waals surface area contributed by atoms with Crippen LogP contribution in [0.2, 0.25) is 0 Å². The van der Waals surface area contributed by atoms with Crippen molar-refractivity contribution in [1.82, 2.24) is 4.98 Å². The predicted molar refractivity (Wildman–Crippen MR) is 65.9 cm³/mol. The number of benzene rings is 1. The van der Waals surface area contributed by atoms with Crippen molar-refractivity contribution in [2.45, 2.75) is 13.0 Å². The molecule has 0 amide bonds. The SMILES string of the molecule is CC(O)c1csc(-c2cccc(Br)c2)n1. The molecule has 2 nitrogen and oxygen atoms in total. The minimum absolute atomic E-state index is 0.498. The Kier molecular flexibility index (Phi) is 3.19. The molecule has 0 spiro atoms. The Balaban J connectivity index is 2.37. The van der Waals surface area contributed by atoms with Crippen LogP contribution in [0.25, 0.3) is 10.6 Å². The summed E-state index contributed by atoms with van der Waals surface area (Å²) in [4.78, 5) is 4.37. The summed E-state index contributed by atoms with van der Waals surface area (Å²) in [5.41, 5.74) is 1.80. The summed E-state index contributed by atoms with van der Waals surface area (Å²) in [5.74, 6) is 0. The standard InChI is InChI=1S/C11H10BrNOS/c1-7(14)10-6-15-11(13-10)8-3-2-4-9(12)5-8/h2-7,14H,1H3. The number of thiazole rings is 1. The van der Waals surface area contributed by atoms with Crippen molar-refractivity contribution >= 4 is 27.3 Å². The molecule has 78 valence electrons. The van der Waals surface area contributed by atoms with Gasteiger partial charge in [-0.15, -0.1) is 11.3 Å². The highest BCUT2D eigenvalue weighted by Gasteiger charge is 2.08. The first-order chi connectivity index (χ1) is 7.16. The van der Waals surface area contributed by atoms with Crippen LogP contribution in [-0.2, 0) is 0 Å². The number of nitrogens with zero attached hydrogens (tertiary/aromatic N) is 1. The first-order valence-corrected chi connectivity index (χ1v) is 6.23. The Morgan fingerprint density at radius 1 is 1.47 bits per heavy atom. The molecule has 2 rings (SSSR count). The van der Waals surface area contributed by atoms with Crippen LogP contribution in [0.15, 0.2) is 34.1 Å². The molecule has 1 atom stereocenters. The molecule has 1 heterocycles. The lowest BCUT2D eigenvalue weighted by Gasteiger charge is -1.98. The number of aliphatic hydroxyl groups excluding tert-OH is 1. The summed E-state index contributed by atoms with van der Waals surface area (Å²) < 4.78 is 1.04. The molecule has 2 aromatic rings. The average molecular weight is 284 g/mol. The van der Waals surface area contributed by atoms with Crippen LogP contribution in [-0.4, -0.2) is 10.1 Å². The molecule has 0 radical (unpaired) electrons. The molecule has 0 saturated heterocycles. The van der Waals surface area contributed by atoms with Crippen LogP contribution >= 0.6 is 27.3 Å². The van der Waals surface area contributed by atoms with Crippen LogP contribution in [0.3, 0.4) is 0 Å². The van der Waals surface area contributed by atoms with Crippen molar-refractivity contribution in [3.63, 3.8) is 0 Å². The molecule has 0 fully saturated rings. The normalized spacial score (nSPS) is 12.7. The van der Waals surface area contributed by atoms with E-state index in [1.54, 1.807) is 18.3 Å². The summed E-state index contributed by atoms with van der Waals surface area (Å²) in [7, 11) is 0. The van der Waals surface area contributed by atoms with Gasteiger partial charge in [0.15, 0.2) is 0 Å². The van der Waals surface area contributed by atoms with Gasteiger partial charge in [0.25, 0.3) is 0 Å². The minimum Gasteiger partial charge on any atom is -0.387 e. The maximum atomic E-state index is 9.37. The third-order valence-corrected chi connectivity index (χ3v) is 3.42. The van der Waals surface area contributed by atoms with Gasteiger partial charge in [0.1, 0.15) is 5.01 Å². The molecule has 1 unspecified atom stereocenters. The zero-order chi connectivity index (χ0) is 10.8. The van der Waals surface area contributed by atoms with E-state index in [9.17, 15) is 5.11 Å². The van der Waals surface area contributed by atoms with Crippen molar-refractivity contribution in [2.24, 2.45) is 0 Å². The first-order valence-electron chi connectivity index (χ1n) is 4.56. The van der Waals surface area contributed by atoms with Crippen molar-refractivity contribution < 1.29 is 5.11 Å². The lowest BCUT2D eigenvalue weighted by Crippen LogP contribution is -1.90. The van der Waals surface area contributed by atoms with Crippen LogP contribution in [0.1, 0.15) is 18.7 Å². The maximum absolute atomic E-state index is 9.37. The summed E-state index contributed by atoms with van der Waals surface area (Å²) in [6.07, 6.45) is -0.498. The predicted octanol–water partition coefficient (Wildman–Crippen LogP) is 3.63. The minimum atomic E-state index is -0.498. The number of rotatable bonds is 2. The number of halogens is 1. The summed E-state index contributed by atoms with van der Waals surface area (Å²) in [6, 6.07) is 7.98. The quantitative estimate of drug-likeness (QED) is 0.913. The van der Waals surface area contributed by atoms with E-state index in [4.69, 9.17) is 0 Å². The Bertz CT molecular complexity index is 467. The van der Waals surface area contributed by atoms with E-state index in [0.29, 0.717) is 0 Å². The van der Waals surface area contributed by atoms with Gasteiger partial charge in [-0.05, 0) is 19.1 Å². The highest BCUT2D eigenvalue weighted by molar-refractivity contribution is 9.10. The number of aliphatic hydroxyl groups is 1. The van der Waals surface area contributed by atoms with Gasteiger partial charge in [-0.3, -0.25) is 0 Å². The molecule has 1 N–H and O–H groups in total. The van der Waals surface area contributed by atoms with Crippen molar-refractivity contribution in [3.8, 4) is 10.6 Å². The van der Waals surface area contributed by atoms with Gasteiger partial charge >= 0.3 is 0 Å². The third kappa shape index (κ3) is 2.45. The molecule has 15 heavy (non-hydrogen) atoms. The number of hydrogen-bond donors (Lipinski definition) is 1. The second kappa shape index (κ2) is 4.43. The molecule has 0 bridgehead atoms. The molecule has 1 aromatic carbocycles. The van der Waals surface area contributed by atoms with E-state index in [1.807, 2.05) is 29.6 Å². The van der Waals surface area contributed by atoms with Crippen molar-refractivity contribution in [3.05, 3.63) is 39.8 Å². The number of aromatic nitrogens is 1. The Labute approximate surface area is 101 Å². The second-order valence-corrected chi connectivity index (χ2v) is 5.04. The third-order valence-electron chi connectivity index (χ3n) is 2.02. The van der Waals surface area contributed by atoms with E-state index >= 15 is 0 Å². The fraction of sp³-hybridized carbons (Fsp3) is 0.182. The highest BCUT2D eigenvalue weighted by Crippen LogP contribution is 2.27. The van der Waals surface area contributed by atoms with E-state index in [2.05, 4.69) is 20.9 Å². The van der Waals surface area contributed by atoms with Crippen molar-refractivity contribution in [1.29, 1.82) is 0 Å². The van der Waals surface area contributed by atoms with Gasteiger partial charge in [-0.1, -0.05) is 28.1 Å². The number of hydrogen-bond acceptors (Lipinski definition) is 3. The van der Waals surface area contributed by atoms with Gasteiger partial charge < -0.3 is 5.11 Å². The first kappa shape index (κ1) is 10.8. The fourth-order valence-electron chi connectivity index (χ4n) is 1.23. The van der Waals surface area contributed by atoms with E-state index in [0.717, 1.165) is 20.7 Å². The van der Waals surface area contributed by atoms with Gasteiger partial charge in [0, 0.05) is 15.4 Å². The Morgan fingerprint density at radius 2 is 2.27 bits per heavy atom. The van der Waals surface area contributed by atoms with E-state index in [-0.39, 0.29) is 0 Å². The van der Waals surface area contributed by atoms with Gasteiger partial charge in [0.05, 0.1) is 11.8 Å². The molecular formula is C11H10BrNOS. The Morgan fingerprint density at radius 3 is 2.87 bits per heavy atom. The lowest BCUT2D eigenvalue weighted by molar-refractivity contribution is 0.195. The Hall–Kier alpha value is -0.710. The molecular weight excluding hydrogens is 274 g/mol. The zero-order valence-electron chi connectivity index (χ0n) is 8.14. The lowest BCUT2D eigenvalue weighted by atomic mass is 10.2. The summed E-state index contributed by atoms with van der Waals surface area (Å²) >= 11 is 4.97.